The molecule has 0 spiro atoms. The molecule has 9 nitrogen and oxygen atoms in total. The van der Waals surface area contributed by atoms with E-state index in [-0.39, 0.29) is 22.6 Å². The standard InChI is InChI=1S/C15H14N2O3.C8H6O4/c1-10-2-8-13(9-3-10)16-14(18)11-4-6-12(7-5-11)15(19)17-20;9-7(10)5-1-2-6(4-3-5)8(11)12/h2-9,20H,1H3,(H,16,18)(H,17,19);1-4H,(H,9,10)(H,11,12). The first-order valence-electron chi connectivity index (χ1n) is 9.20. The normalized spacial score (nSPS) is 9.69. The van der Waals surface area contributed by atoms with Crippen LogP contribution in [0.25, 0.3) is 0 Å². The highest BCUT2D eigenvalue weighted by atomic mass is 16.5. The fraction of sp³-hybridized carbons (Fsp3) is 0.0435. The molecule has 32 heavy (non-hydrogen) atoms. The third-order valence-electron chi connectivity index (χ3n) is 4.20. The first kappa shape index (κ1) is 23.8. The van der Waals surface area contributed by atoms with Gasteiger partial charge in [-0.05, 0) is 67.6 Å². The molecule has 0 atom stereocenters. The smallest absolute Gasteiger partial charge is 0.335 e. The average Bonchev–Trinajstić information content (AvgIpc) is 2.80. The van der Waals surface area contributed by atoms with E-state index in [0.717, 1.165) is 5.56 Å². The van der Waals surface area contributed by atoms with Gasteiger partial charge in [0.2, 0.25) is 0 Å². The summed E-state index contributed by atoms with van der Waals surface area (Å²) < 4.78 is 0. The molecular weight excluding hydrogens is 416 g/mol. The first-order chi connectivity index (χ1) is 15.2. The number of rotatable bonds is 5. The quantitative estimate of drug-likeness (QED) is 0.303. The summed E-state index contributed by atoms with van der Waals surface area (Å²) in [6.07, 6.45) is 0. The molecular formula is C23H20N2O7. The van der Waals surface area contributed by atoms with Gasteiger partial charge in [0.1, 0.15) is 0 Å². The van der Waals surface area contributed by atoms with Crippen LogP contribution in [0.3, 0.4) is 0 Å². The van der Waals surface area contributed by atoms with Crippen LogP contribution in [-0.4, -0.2) is 39.2 Å². The molecule has 0 radical (unpaired) electrons. The molecule has 2 amide bonds. The van der Waals surface area contributed by atoms with E-state index in [0.29, 0.717) is 11.3 Å². The number of carbonyl (C=O) groups excluding carboxylic acids is 2. The molecule has 0 unspecified atom stereocenters. The minimum absolute atomic E-state index is 0.0833. The third-order valence-corrected chi connectivity index (χ3v) is 4.20. The van der Waals surface area contributed by atoms with Crippen molar-refractivity contribution in [2.75, 3.05) is 5.32 Å². The molecule has 5 N–H and O–H groups in total. The highest BCUT2D eigenvalue weighted by Crippen LogP contribution is 2.11. The fourth-order valence-corrected chi connectivity index (χ4v) is 2.43. The Kier molecular flexibility index (Phi) is 8.21. The van der Waals surface area contributed by atoms with E-state index in [2.05, 4.69) is 5.32 Å². The lowest BCUT2D eigenvalue weighted by Gasteiger charge is -2.06. The van der Waals surface area contributed by atoms with Crippen LogP contribution in [-0.2, 0) is 0 Å². The third kappa shape index (κ3) is 6.78. The van der Waals surface area contributed by atoms with Crippen molar-refractivity contribution in [1.82, 2.24) is 5.48 Å². The molecule has 0 aliphatic heterocycles. The largest absolute Gasteiger partial charge is 0.478 e. The van der Waals surface area contributed by atoms with Gasteiger partial charge in [-0.2, -0.15) is 0 Å². The Morgan fingerprint density at radius 2 is 0.969 bits per heavy atom. The highest BCUT2D eigenvalue weighted by molar-refractivity contribution is 6.05. The number of nitrogens with one attached hydrogen (secondary N) is 2. The van der Waals surface area contributed by atoms with Crippen molar-refractivity contribution in [2.24, 2.45) is 0 Å². The Labute approximate surface area is 182 Å². The lowest BCUT2D eigenvalue weighted by molar-refractivity contribution is 0.0681. The Balaban J connectivity index is 0.000000258. The summed E-state index contributed by atoms with van der Waals surface area (Å²) in [5.74, 6) is -3.00. The van der Waals surface area contributed by atoms with Gasteiger partial charge in [-0.25, -0.2) is 15.1 Å². The van der Waals surface area contributed by atoms with Gasteiger partial charge in [0, 0.05) is 16.8 Å². The molecule has 0 aliphatic carbocycles. The summed E-state index contributed by atoms with van der Waals surface area (Å²) in [4.78, 5) is 43.8. The van der Waals surface area contributed by atoms with E-state index in [1.165, 1.54) is 54.0 Å². The first-order valence-corrected chi connectivity index (χ1v) is 9.20. The van der Waals surface area contributed by atoms with Gasteiger partial charge in [-0.1, -0.05) is 17.7 Å². The summed E-state index contributed by atoms with van der Waals surface area (Å²) in [7, 11) is 0. The molecule has 3 aromatic rings. The van der Waals surface area contributed by atoms with Gasteiger partial charge in [0.05, 0.1) is 11.1 Å². The number of carboxylic acids is 2. The Bertz CT molecular complexity index is 1070. The summed E-state index contributed by atoms with van der Waals surface area (Å²) in [6.45, 7) is 1.97. The summed E-state index contributed by atoms with van der Waals surface area (Å²) >= 11 is 0. The van der Waals surface area contributed by atoms with Crippen LogP contribution in [0.2, 0.25) is 0 Å². The van der Waals surface area contributed by atoms with Crippen LogP contribution in [0.5, 0.6) is 0 Å². The van der Waals surface area contributed by atoms with Crippen molar-refractivity contribution >= 4 is 29.4 Å². The topological polar surface area (TPSA) is 153 Å². The van der Waals surface area contributed by atoms with Crippen molar-refractivity contribution < 1.29 is 34.6 Å². The molecule has 0 aliphatic rings. The fourth-order valence-electron chi connectivity index (χ4n) is 2.43. The molecule has 3 aromatic carbocycles. The number of hydrogen-bond acceptors (Lipinski definition) is 5. The zero-order valence-electron chi connectivity index (χ0n) is 16.9. The van der Waals surface area contributed by atoms with Crippen LogP contribution in [0.15, 0.2) is 72.8 Å². The predicted octanol–water partition coefficient (Wildman–Crippen LogP) is 3.45. The number of carbonyl (C=O) groups is 4. The Morgan fingerprint density at radius 1 is 0.594 bits per heavy atom. The average molecular weight is 436 g/mol. The van der Waals surface area contributed by atoms with Gasteiger partial charge in [-0.15, -0.1) is 0 Å². The van der Waals surface area contributed by atoms with Gasteiger partial charge >= 0.3 is 11.9 Å². The Morgan fingerprint density at radius 3 is 1.34 bits per heavy atom. The molecule has 0 saturated carbocycles. The van der Waals surface area contributed by atoms with E-state index < -0.39 is 17.8 Å². The molecule has 0 saturated heterocycles. The van der Waals surface area contributed by atoms with Gasteiger partial charge in [0.15, 0.2) is 0 Å². The molecule has 0 aromatic heterocycles. The van der Waals surface area contributed by atoms with Crippen molar-refractivity contribution in [3.05, 3.63) is 101 Å². The van der Waals surface area contributed by atoms with Gasteiger partial charge in [-0.3, -0.25) is 14.8 Å². The molecule has 164 valence electrons. The van der Waals surface area contributed by atoms with E-state index in [4.69, 9.17) is 15.4 Å². The summed E-state index contributed by atoms with van der Waals surface area (Å²) in [5, 5.41) is 28.2. The lowest BCUT2D eigenvalue weighted by atomic mass is 10.1. The summed E-state index contributed by atoms with van der Waals surface area (Å²) in [5.41, 5.74) is 4.23. The number of hydroxylamine groups is 1. The molecule has 9 heteroatoms. The van der Waals surface area contributed by atoms with Crippen LogP contribution >= 0.6 is 0 Å². The zero-order valence-corrected chi connectivity index (χ0v) is 16.9. The van der Waals surface area contributed by atoms with Crippen LogP contribution in [0, 0.1) is 6.92 Å². The van der Waals surface area contributed by atoms with Gasteiger partial charge in [0.25, 0.3) is 11.8 Å². The van der Waals surface area contributed by atoms with Crippen molar-refractivity contribution in [3.8, 4) is 0 Å². The predicted molar refractivity (Wildman–Crippen MR) is 115 cm³/mol. The number of hydrogen-bond donors (Lipinski definition) is 5. The van der Waals surface area contributed by atoms with Crippen LogP contribution in [0.4, 0.5) is 5.69 Å². The minimum Gasteiger partial charge on any atom is -0.478 e. The second-order valence-corrected chi connectivity index (χ2v) is 6.53. The van der Waals surface area contributed by atoms with Crippen molar-refractivity contribution in [1.29, 1.82) is 0 Å². The number of amides is 2. The van der Waals surface area contributed by atoms with E-state index >= 15 is 0 Å². The van der Waals surface area contributed by atoms with Crippen LogP contribution in [0.1, 0.15) is 47.0 Å². The monoisotopic (exact) mass is 436 g/mol. The van der Waals surface area contributed by atoms with Crippen molar-refractivity contribution in [2.45, 2.75) is 6.92 Å². The SMILES string of the molecule is Cc1ccc(NC(=O)c2ccc(C(=O)NO)cc2)cc1.O=C(O)c1ccc(C(=O)O)cc1. The maximum absolute atomic E-state index is 12.0. The Hall–Kier alpha value is -4.50. The number of aromatic carboxylic acids is 2. The van der Waals surface area contributed by atoms with Crippen molar-refractivity contribution in [3.63, 3.8) is 0 Å². The number of aryl methyl sites for hydroxylation is 1. The van der Waals surface area contributed by atoms with E-state index in [1.807, 2.05) is 31.2 Å². The molecule has 3 rings (SSSR count). The second-order valence-electron chi connectivity index (χ2n) is 6.53. The zero-order chi connectivity index (χ0) is 23.7. The number of carboxylic acid groups (broad SMARTS) is 2. The van der Waals surface area contributed by atoms with E-state index in [1.54, 1.807) is 0 Å². The van der Waals surface area contributed by atoms with Gasteiger partial charge < -0.3 is 15.5 Å². The van der Waals surface area contributed by atoms with Crippen LogP contribution < -0.4 is 10.8 Å². The van der Waals surface area contributed by atoms with E-state index in [9.17, 15) is 19.2 Å². The lowest BCUT2D eigenvalue weighted by Crippen LogP contribution is -2.19. The highest BCUT2D eigenvalue weighted by Gasteiger charge is 2.08. The molecule has 0 heterocycles. The molecule has 0 bridgehead atoms. The summed E-state index contributed by atoms with van der Waals surface area (Å²) in [6, 6.07) is 18.5. The second kappa shape index (κ2) is 11.0. The maximum atomic E-state index is 12.0. The maximum Gasteiger partial charge on any atom is 0.335 e. The molecule has 0 fully saturated rings. The number of anilines is 1. The number of benzene rings is 3. The minimum atomic E-state index is -1.06.